The zero-order chi connectivity index (χ0) is 13.8. The molecule has 1 N–H and O–H groups in total. The van der Waals surface area contributed by atoms with Crippen LogP contribution in [-0.4, -0.2) is 16.9 Å². The molecule has 0 saturated heterocycles. The summed E-state index contributed by atoms with van der Waals surface area (Å²) in [7, 11) is 0. The molecule has 0 aliphatic carbocycles. The lowest BCUT2D eigenvalue weighted by Crippen LogP contribution is -2.09. The number of benzene rings is 2. The number of halogens is 1. The van der Waals surface area contributed by atoms with Crippen LogP contribution < -0.4 is 0 Å². The molecule has 0 fully saturated rings. The van der Waals surface area contributed by atoms with Crippen LogP contribution in [0.4, 0.5) is 4.70 Å². The summed E-state index contributed by atoms with van der Waals surface area (Å²) in [6.07, 6.45) is 0. The van der Waals surface area contributed by atoms with Crippen molar-refractivity contribution in [3.63, 3.8) is 0 Å². The van der Waals surface area contributed by atoms with E-state index in [0.717, 1.165) is 0 Å². The minimum Gasteiger partial charge on any atom is -0.481 e. The van der Waals surface area contributed by atoms with Crippen LogP contribution in [0, 0.1) is 0 Å². The first-order valence-corrected chi connectivity index (χ1v) is 6.02. The van der Waals surface area contributed by atoms with E-state index in [1.54, 1.807) is 55.5 Å². The predicted molar refractivity (Wildman–Crippen MR) is 74.9 cm³/mol. The number of carbonyl (C=O) groups is 2. The first-order chi connectivity index (χ1) is 9.09. The number of rotatable bonds is 4. The second-order valence-corrected chi connectivity index (χ2v) is 4.38. The quantitative estimate of drug-likeness (QED) is 0.871. The lowest BCUT2D eigenvalue weighted by atomic mass is 9.96. The molecule has 0 aromatic heterocycles. The predicted octanol–water partition coefficient (Wildman–Crippen LogP) is 3.26. The van der Waals surface area contributed by atoms with Gasteiger partial charge in [0.25, 0.3) is 0 Å². The van der Waals surface area contributed by atoms with Crippen molar-refractivity contribution in [1.82, 2.24) is 0 Å². The molecule has 0 aliphatic rings. The summed E-state index contributed by atoms with van der Waals surface area (Å²) in [4.78, 5) is 23.2. The Morgan fingerprint density at radius 2 is 1.55 bits per heavy atom. The van der Waals surface area contributed by atoms with Gasteiger partial charge in [-0.25, -0.2) is 0 Å². The van der Waals surface area contributed by atoms with Crippen molar-refractivity contribution >= 4 is 11.8 Å². The van der Waals surface area contributed by atoms with Gasteiger partial charge in [-0.05, 0) is 18.6 Å². The third-order valence-corrected chi connectivity index (χ3v) is 3.06. The van der Waals surface area contributed by atoms with Gasteiger partial charge in [-0.2, -0.15) is 0 Å². The highest BCUT2D eigenvalue weighted by molar-refractivity contribution is 6.09. The Balaban J connectivity index is 0.00000200. The van der Waals surface area contributed by atoms with Gasteiger partial charge in [0, 0.05) is 11.1 Å². The third kappa shape index (κ3) is 3.29. The maximum Gasteiger partial charge on any atom is 0.310 e. The second-order valence-electron chi connectivity index (χ2n) is 4.38. The third-order valence-electron chi connectivity index (χ3n) is 3.06. The van der Waals surface area contributed by atoms with Crippen molar-refractivity contribution in [2.45, 2.75) is 12.8 Å². The highest BCUT2D eigenvalue weighted by atomic mass is 19.0. The van der Waals surface area contributed by atoms with Crippen molar-refractivity contribution in [3.05, 3.63) is 71.3 Å². The van der Waals surface area contributed by atoms with Crippen LogP contribution in [-0.2, 0) is 4.79 Å². The Kier molecular flexibility index (Phi) is 5.15. The van der Waals surface area contributed by atoms with Gasteiger partial charge in [0.1, 0.15) is 0 Å². The molecule has 0 amide bonds. The minimum atomic E-state index is -0.899. The van der Waals surface area contributed by atoms with Gasteiger partial charge in [0.05, 0.1) is 5.92 Å². The minimum absolute atomic E-state index is 0. The lowest BCUT2D eigenvalue weighted by Gasteiger charge is -2.08. The van der Waals surface area contributed by atoms with Crippen LogP contribution in [0.15, 0.2) is 54.6 Å². The van der Waals surface area contributed by atoms with Crippen LogP contribution in [0.25, 0.3) is 0 Å². The summed E-state index contributed by atoms with van der Waals surface area (Å²) in [5.41, 5.74) is 1.74. The first kappa shape index (κ1) is 15.6. The first-order valence-electron chi connectivity index (χ1n) is 6.02. The van der Waals surface area contributed by atoms with Crippen LogP contribution in [0.1, 0.15) is 34.3 Å². The molecule has 2 aromatic carbocycles. The SMILES string of the molecule is CC(C(=O)O)c1cccc(C(=O)c2ccccc2)c1.F. The number of aliphatic carboxylic acids is 1. The summed E-state index contributed by atoms with van der Waals surface area (Å²) in [5.74, 6) is -1.62. The number of hydrogen-bond acceptors (Lipinski definition) is 2. The molecule has 0 spiro atoms. The largest absolute Gasteiger partial charge is 0.481 e. The number of hydrogen-bond donors (Lipinski definition) is 1. The molecule has 1 unspecified atom stereocenters. The molecular formula is C16H15FO3. The van der Waals surface area contributed by atoms with E-state index in [1.165, 1.54) is 0 Å². The highest BCUT2D eigenvalue weighted by Crippen LogP contribution is 2.18. The molecule has 4 heteroatoms. The fourth-order valence-corrected chi connectivity index (χ4v) is 1.85. The summed E-state index contributed by atoms with van der Waals surface area (Å²) >= 11 is 0. The number of ketones is 1. The molecule has 0 bridgehead atoms. The van der Waals surface area contributed by atoms with Gasteiger partial charge in [0.15, 0.2) is 5.78 Å². The van der Waals surface area contributed by atoms with Crippen LogP contribution in [0.5, 0.6) is 0 Å². The summed E-state index contributed by atoms with van der Waals surface area (Å²) in [6.45, 7) is 1.61. The topological polar surface area (TPSA) is 54.4 Å². The molecule has 1 atom stereocenters. The van der Waals surface area contributed by atoms with Crippen molar-refractivity contribution in [2.75, 3.05) is 0 Å². The van der Waals surface area contributed by atoms with E-state index in [9.17, 15) is 9.59 Å². The average molecular weight is 274 g/mol. The fourth-order valence-electron chi connectivity index (χ4n) is 1.85. The molecular weight excluding hydrogens is 259 g/mol. The Bertz CT molecular complexity index is 608. The Hall–Kier alpha value is -2.49. The van der Waals surface area contributed by atoms with Crippen LogP contribution in [0.2, 0.25) is 0 Å². The van der Waals surface area contributed by atoms with E-state index >= 15 is 0 Å². The van der Waals surface area contributed by atoms with Gasteiger partial charge in [-0.3, -0.25) is 14.3 Å². The zero-order valence-corrected chi connectivity index (χ0v) is 10.9. The molecule has 104 valence electrons. The Morgan fingerprint density at radius 1 is 0.950 bits per heavy atom. The second kappa shape index (κ2) is 6.61. The van der Waals surface area contributed by atoms with Gasteiger partial charge in [-0.15, -0.1) is 0 Å². The van der Waals surface area contributed by atoms with E-state index in [4.69, 9.17) is 5.11 Å². The fraction of sp³-hybridized carbons (Fsp3) is 0.125. The van der Waals surface area contributed by atoms with Crippen molar-refractivity contribution in [2.24, 2.45) is 0 Å². The summed E-state index contributed by atoms with van der Waals surface area (Å²) in [5, 5.41) is 9.00. The molecule has 0 saturated carbocycles. The molecule has 0 aliphatic heterocycles. The zero-order valence-electron chi connectivity index (χ0n) is 10.9. The normalized spacial score (nSPS) is 11.2. The van der Waals surface area contributed by atoms with Gasteiger partial charge < -0.3 is 5.11 Å². The average Bonchev–Trinajstić information content (AvgIpc) is 2.46. The lowest BCUT2D eigenvalue weighted by molar-refractivity contribution is -0.138. The van der Waals surface area contributed by atoms with Gasteiger partial charge in [0.2, 0.25) is 0 Å². The monoisotopic (exact) mass is 274 g/mol. The number of carboxylic acid groups (broad SMARTS) is 1. The van der Waals surface area contributed by atoms with E-state index in [0.29, 0.717) is 16.7 Å². The highest BCUT2D eigenvalue weighted by Gasteiger charge is 2.16. The standard InChI is InChI=1S/C16H14O3.FH/c1-11(16(18)19)13-8-5-9-14(10-13)15(17)12-6-3-2-4-7-12;/h2-11H,1H3,(H,18,19);1H. The summed E-state index contributed by atoms with van der Waals surface area (Å²) in [6, 6.07) is 15.7. The number of carbonyl (C=O) groups excluding carboxylic acids is 1. The van der Waals surface area contributed by atoms with Crippen molar-refractivity contribution in [3.8, 4) is 0 Å². The smallest absolute Gasteiger partial charge is 0.310 e. The van der Waals surface area contributed by atoms with Crippen molar-refractivity contribution < 1.29 is 19.4 Å². The van der Waals surface area contributed by atoms with E-state index in [2.05, 4.69) is 0 Å². The maximum absolute atomic E-state index is 12.2. The molecule has 0 heterocycles. The van der Waals surface area contributed by atoms with E-state index in [1.807, 2.05) is 6.07 Å². The van der Waals surface area contributed by atoms with Crippen molar-refractivity contribution in [1.29, 1.82) is 0 Å². The van der Waals surface area contributed by atoms with E-state index in [-0.39, 0.29) is 10.5 Å². The Labute approximate surface area is 116 Å². The Morgan fingerprint density at radius 3 is 2.15 bits per heavy atom. The molecule has 3 nitrogen and oxygen atoms in total. The van der Waals surface area contributed by atoms with Crippen LogP contribution in [0.3, 0.4) is 0 Å². The number of carboxylic acids is 1. The van der Waals surface area contributed by atoms with Crippen LogP contribution >= 0.6 is 0 Å². The molecule has 2 rings (SSSR count). The molecule has 20 heavy (non-hydrogen) atoms. The maximum atomic E-state index is 12.2. The van der Waals surface area contributed by atoms with E-state index < -0.39 is 11.9 Å². The van der Waals surface area contributed by atoms with Gasteiger partial charge >= 0.3 is 5.97 Å². The summed E-state index contributed by atoms with van der Waals surface area (Å²) < 4.78 is 0. The van der Waals surface area contributed by atoms with Gasteiger partial charge in [-0.1, -0.05) is 48.5 Å². The molecule has 0 radical (unpaired) electrons. The molecule has 2 aromatic rings.